The molecule has 1 N–H and O–H groups in total. The van der Waals surface area contributed by atoms with Crippen LogP contribution in [0.2, 0.25) is 5.28 Å². The number of halogens is 1. The monoisotopic (exact) mass is 436 g/mol. The van der Waals surface area contributed by atoms with Crippen LogP contribution in [0.4, 0.5) is 11.6 Å². The van der Waals surface area contributed by atoms with Crippen LogP contribution in [0.15, 0.2) is 18.3 Å². The Morgan fingerprint density at radius 3 is 2.73 bits per heavy atom. The molecule has 2 aliphatic rings. The van der Waals surface area contributed by atoms with Gasteiger partial charge in [0.1, 0.15) is 12.0 Å². The summed E-state index contributed by atoms with van der Waals surface area (Å²) in [7, 11) is 0. The first-order valence-electron chi connectivity index (χ1n) is 9.94. The van der Waals surface area contributed by atoms with Crippen LogP contribution in [0, 0.1) is 10.1 Å². The summed E-state index contributed by atoms with van der Waals surface area (Å²) in [6, 6.07) is 4.17. The third-order valence-electron chi connectivity index (χ3n) is 5.43. The average Bonchev–Trinajstić information content (AvgIpc) is 3.08. The van der Waals surface area contributed by atoms with Gasteiger partial charge in [0.15, 0.2) is 0 Å². The van der Waals surface area contributed by atoms with Crippen molar-refractivity contribution in [1.82, 2.24) is 19.4 Å². The lowest BCUT2D eigenvalue weighted by atomic mass is 10.0. The second kappa shape index (κ2) is 8.46. The van der Waals surface area contributed by atoms with Crippen LogP contribution < -0.4 is 4.90 Å². The molecule has 0 saturated carbocycles. The maximum Gasteiger partial charge on any atom is 0.383 e. The van der Waals surface area contributed by atoms with Crippen molar-refractivity contribution >= 4 is 23.2 Å². The summed E-state index contributed by atoms with van der Waals surface area (Å²) >= 11 is 5.99. The topological polar surface area (TPSA) is 110 Å². The summed E-state index contributed by atoms with van der Waals surface area (Å²) in [6.07, 6.45) is 2.06. The molecule has 4 heterocycles. The molecule has 4 rings (SSSR count). The number of morpholine rings is 1. The molecular formula is C19H25ClN6O4. The standard InChI is InChI=1S/C19H25ClN6O4/c1-19(27,13-25-11-17(26(28)29)22-18(25)20)12-23-5-4-15-14(10-23)2-3-16(21-15)24-6-8-30-9-7-24/h2-3,11,27H,4-10,12-13H2,1H3. The molecule has 0 bridgehead atoms. The third-order valence-corrected chi connectivity index (χ3v) is 5.73. The Morgan fingerprint density at radius 1 is 1.27 bits per heavy atom. The maximum atomic E-state index is 10.9. The smallest absolute Gasteiger partial charge is 0.383 e. The summed E-state index contributed by atoms with van der Waals surface area (Å²) in [5.41, 5.74) is 1.13. The molecule has 0 aromatic carbocycles. The van der Waals surface area contributed by atoms with Gasteiger partial charge in [-0.3, -0.25) is 9.47 Å². The van der Waals surface area contributed by atoms with Gasteiger partial charge in [-0.25, -0.2) is 4.98 Å². The third kappa shape index (κ3) is 4.72. The number of aromatic nitrogens is 3. The van der Waals surface area contributed by atoms with E-state index in [-0.39, 0.29) is 17.6 Å². The molecule has 10 nitrogen and oxygen atoms in total. The van der Waals surface area contributed by atoms with Gasteiger partial charge in [-0.2, -0.15) is 0 Å². The molecule has 1 fully saturated rings. The number of hydrogen-bond acceptors (Lipinski definition) is 8. The van der Waals surface area contributed by atoms with E-state index in [0.29, 0.717) is 13.1 Å². The fourth-order valence-electron chi connectivity index (χ4n) is 4.04. The van der Waals surface area contributed by atoms with Crippen molar-refractivity contribution in [3.05, 3.63) is 45.0 Å². The van der Waals surface area contributed by atoms with E-state index in [9.17, 15) is 15.2 Å². The molecule has 2 aromatic heterocycles. The number of β-amino-alcohol motifs (C(OH)–C–C–N with tert-alkyl or cyclic N) is 1. The van der Waals surface area contributed by atoms with Crippen LogP contribution in [-0.2, 0) is 24.2 Å². The highest BCUT2D eigenvalue weighted by molar-refractivity contribution is 6.28. The number of hydrogen-bond donors (Lipinski definition) is 1. The number of rotatable bonds is 6. The molecule has 11 heteroatoms. The summed E-state index contributed by atoms with van der Waals surface area (Å²) < 4.78 is 6.82. The zero-order chi connectivity index (χ0) is 21.3. The molecule has 1 atom stereocenters. The van der Waals surface area contributed by atoms with E-state index in [4.69, 9.17) is 21.3 Å². The van der Waals surface area contributed by atoms with Crippen molar-refractivity contribution in [2.24, 2.45) is 0 Å². The second-order valence-electron chi connectivity index (χ2n) is 8.09. The van der Waals surface area contributed by atoms with E-state index in [0.717, 1.165) is 56.3 Å². The normalized spacial score (nSPS) is 19.4. The Balaban J connectivity index is 1.40. The minimum Gasteiger partial charge on any atom is -0.387 e. The Labute approximate surface area is 179 Å². The number of aliphatic hydroxyl groups is 1. The van der Waals surface area contributed by atoms with E-state index >= 15 is 0 Å². The van der Waals surface area contributed by atoms with Crippen LogP contribution in [0.5, 0.6) is 0 Å². The second-order valence-corrected chi connectivity index (χ2v) is 8.42. The number of pyridine rings is 1. The van der Waals surface area contributed by atoms with Crippen LogP contribution in [0.1, 0.15) is 18.2 Å². The van der Waals surface area contributed by atoms with E-state index < -0.39 is 10.5 Å². The van der Waals surface area contributed by atoms with Crippen molar-refractivity contribution in [2.75, 3.05) is 44.3 Å². The van der Waals surface area contributed by atoms with Gasteiger partial charge >= 0.3 is 11.1 Å². The van der Waals surface area contributed by atoms with E-state index in [1.807, 2.05) is 0 Å². The van der Waals surface area contributed by atoms with E-state index in [2.05, 4.69) is 26.9 Å². The predicted molar refractivity (Wildman–Crippen MR) is 111 cm³/mol. The molecule has 2 aromatic rings. The lowest BCUT2D eigenvalue weighted by Crippen LogP contribution is -2.45. The van der Waals surface area contributed by atoms with Gasteiger partial charge in [0, 0.05) is 44.8 Å². The molecule has 2 aliphatic heterocycles. The number of ether oxygens (including phenoxy) is 1. The molecule has 0 radical (unpaired) electrons. The number of nitro groups is 1. The zero-order valence-corrected chi connectivity index (χ0v) is 17.6. The van der Waals surface area contributed by atoms with Gasteiger partial charge < -0.3 is 24.9 Å². The number of anilines is 1. The minimum atomic E-state index is -1.13. The SMILES string of the molecule is CC(O)(CN1CCc2nc(N3CCOCC3)ccc2C1)Cn1cc([N+](=O)[O-])nc1Cl. The highest BCUT2D eigenvalue weighted by atomic mass is 35.5. The molecule has 0 spiro atoms. The first kappa shape index (κ1) is 21.0. The summed E-state index contributed by atoms with van der Waals surface area (Å²) in [5, 5.41) is 21.8. The van der Waals surface area contributed by atoms with Crippen molar-refractivity contribution < 1.29 is 14.8 Å². The number of nitrogens with zero attached hydrogens (tertiary/aromatic N) is 6. The number of imidazole rings is 1. The molecule has 1 unspecified atom stereocenters. The molecule has 30 heavy (non-hydrogen) atoms. The highest BCUT2D eigenvalue weighted by Gasteiger charge is 2.30. The molecular weight excluding hydrogens is 412 g/mol. The van der Waals surface area contributed by atoms with E-state index in [1.165, 1.54) is 10.8 Å². The van der Waals surface area contributed by atoms with Crippen LogP contribution in [-0.4, -0.2) is 74.5 Å². The van der Waals surface area contributed by atoms with Gasteiger partial charge in [-0.15, -0.1) is 0 Å². The predicted octanol–water partition coefficient (Wildman–Crippen LogP) is 1.49. The van der Waals surface area contributed by atoms with Crippen LogP contribution >= 0.6 is 11.6 Å². The van der Waals surface area contributed by atoms with Crippen molar-refractivity contribution in [2.45, 2.75) is 32.0 Å². The summed E-state index contributed by atoms with van der Waals surface area (Å²) in [6.45, 7) is 6.86. The van der Waals surface area contributed by atoms with Crippen LogP contribution in [0.25, 0.3) is 0 Å². The lowest BCUT2D eigenvalue weighted by Gasteiger charge is -2.35. The summed E-state index contributed by atoms with van der Waals surface area (Å²) in [5.74, 6) is 0.665. The Kier molecular flexibility index (Phi) is 5.92. The highest BCUT2D eigenvalue weighted by Crippen LogP contribution is 2.24. The van der Waals surface area contributed by atoms with Gasteiger partial charge in [0.05, 0.1) is 25.4 Å². The molecule has 1 saturated heterocycles. The average molecular weight is 437 g/mol. The van der Waals surface area contributed by atoms with E-state index in [1.54, 1.807) is 6.92 Å². The Hall–Kier alpha value is -2.27. The maximum absolute atomic E-state index is 10.9. The largest absolute Gasteiger partial charge is 0.387 e. The van der Waals surface area contributed by atoms with Gasteiger partial charge in [-0.05, 0) is 40.1 Å². The van der Waals surface area contributed by atoms with Crippen molar-refractivity contribution in [3.63, 3.8) is 0 Å². The van der Waals surface area contributed by atoms with Gasteiger partial charge in [0.25, 0.3) is 0 Å². The van der Waals surface area contributed by atoms with Crippen molar-refractivity contribution in [1.29, 1.82) is 0 Å². The molecule has 0 aliphatic carbocycles. The first-order chi connectivity index (χ1) is 14.3. The molecule has 0 amide bonds. The quantitative estimate of drug-likeness (QED) is 0.535. The molecule has 162 valence electrons. The fraction of sp³-hybridized carbons (Fsp3) is 0.579. The summed E-state index contributed by atoms with van der Waals surface area (Å²) in [4.78, 5) is 23.2. The zero-order valence-electron chi connectivity index (χ0n) is 16.8. The minimum absolute atomic E-state index is 0.00851. The Morgan fingerprint density at radius 2 is 2.03 bits per heavy atom. The lowest BCUT2D eigenvalue weighted by molar-refractivity contribution is -0.389. The van der Waals surface area contributed by atoms with Crippen molar-refractivity contribution in [3.8, 4) is 0 Å². The Bertz CT molecular complexity index is 928. The first-order valence-corrected chi connectivity index (χ1v) is 10.3. The van der Waals surface area contributed by atoms with Gasteiger partial charge in [-0.1, -0.05) is 6.07 Å². The van der Waals surface area contributed by atoms with Crippen LogP contribution in [0.3, 0.4) is 0 Å². The fourth-order valence-corrected chi connectivity index (χ4v) is 4.24. The number of fused-ring (bicyclic) bond motifs is 1. The van der Waals surface area contributed by atoms with Gasteiger partial charge in [0.2, 0.25) is 0 Å².